The smallest absolute Gasteiger partial charge is 0.255 e. The van der Waals surface area contributed by atoms with E-state index in [2.05, 4.69) is 12.2 Å². The summed E-state index contributed by atoms with van der Waals surface area (Å²) in [6.45, 7) is 2.20. The lowest BCUT2D eigenvalue weighted by molar-refractivity contribution is 0.0916. The average molecular weight is 277 g/mol. The first kappa shape index (κ1) is 14.7. The molecule has 0 saturated heterocycles. The molecule has 1 aliphatic rings. The summed E-state index contributed by atoms with van der Waals surface area (Å²) in [5.74, 6) is 1.01. The third-order valence-electron chi connectivity index (χ3n) is 4.14. The summed E-state index contributed by atoms with van der Waals surface area (Å²) in [6.07, 6.45) is 5.66. The largest absolute Gasteiger partial charge is 0.507 e. The summed E-state index contributed by atoms with van der Waals surface area (Å²) in [6, 6.07) is 4.97. The molecule has 110 valence electrons. The third-order valence-corrected chi connectivity index (χ3v) is 4.14. The molecule has 0 radical (unpaired) electrons. The number of amides is 1. The van der Waals surface area contributed by atoms with Gasteiger partial charge in [-0.2, -0.15) is 0 Å². The van der Waals surface area contributed by atoms with E-state index in [0.717, 1.165) is 19.3 Å². The molecule has 1 aliphatic carbocycles. The molecule has 1 saturated carbocycles. The summed E-state index contributed by atoms with van der Waals surface area (Å²) >= 11 is 0. The SMILES string of the molecule is CCC1CCCC(NC(=O)c2ccc(OC)cc2O)C1. The van der Waals surface area contributed by atoms with Crippen molar-refractivity contribution >= 4 is 5.91 Å². The summed E-state index contributed by atoms with van der Waals surface area (Å²) in [4.78, 5) is 12.2. The topological polar surface area (TPSA) is 58.6 Å². The van der Waals surface area contributed by atoms with Gasteiger partial charge < -0.3 is 15.2 Å². The highest BCUT2D eigenvalue weighted by molar-refractivity contribution is 5.97. The molecule has 1 aromatic carbocycles. The van der Waals surface area contributed by atoms with E-state index in [-0.39, 0.29) is 17.7 Å². The van der Waals surface area contributed by atoms with Gasteiger partial charge in [0, 0.05) is 12.1 Å². The van der Waals surface area contributed by atoms with Crippen molar-refractivity contribution < 1.29 is 14.6 Å². The molecule has 2 rings (SSSR count). The molecule has 0 aliphatic heterocycles. The quantitative estimate of drug-likeness (QED) is 0.889. The molecule has 0 aromatic heterocycles. The zero-order valence-electron chi connectivity index (χ0n) is 12.2. The Morgan fingerprint density at radius 1 is 1.45 bits per heavy atom. The van der Waals surface area contributed by atoms with Gasteiger partial charge in [-0.15, -0.1) is 0 Å². The molecule has 20 heavy (non-hydrogen) atoms. The van der Waals surface area contributed by atoms with E-state index in [0.29, 0.717) is 17.2 Å². The zero-order valence-corrected chi connectivity index (χ0v) is 12.2. The van der Waals surface area contributed by atoms with Gasteiger partial charge in [0.25, 0.3) is 5.91 Å². The Kier molecular flexibility index (Phi) is 4.88. The summed E-state index contributed by atoms with van der Waals surface area (Å²) in [5.41, 5.74) is 0.310. The van der Waals surface area contributed by atoms with Crippen molar-refractivity contribution in [2.75, 3.05) is 7.11 Å². The Bertz CT molecular complexity index is 473. The van der Waals surface area contributed by atoms with Crippen LogP contribution in [0, 0.1) is 5.92 Å². The minimum atomic E-state index is -0.202. The van der Waals surface area contributed by atoms with Crippen molar-refractivity contribution in [1.29, 1.82) is 0 Å². The van der Waals surface area contributed by atoms with E-state index < -0.39 is 0 Å². The minimum Gasteiger partial charge on any atom is -0.507 e. The van der Waals surface area contributed by atoms with Crippen LogP contribution in [-0.4, -0.2) is 24.2 Å². The van der Waals surface area contributed by atoms with Gasteiger partial charge in [0.15, 0.2) is 0 Å². The number of benzene rings is 1. The van der Waals surface area contributed by atoms with Gasteiger partial charge in [-0.1, -0.05) is 26.2 Å². The number of hydrogen-bond donors (Lipinski definition) is 2. The van der Waals surface area contributed by atoms with Crippen LogP contribution in [0.2, 0.25) is 0 Å². The standard InChI is InChI=1S/C16H23NO3/c1-3-11-5-4-6-12(9-11)17-16(19)14-8-7-13(20-2)10-15(14)18/h7-8,10-12,18H,3-6,9H2,1-2H3,(H,17,19). The number of aromatic hydroxyl groups is 1. The first-order chi connectivity index (χ1) is 9.63. The maximum absolute atomic E-state index is 12.2. The number of nitrogens with one attached hydrogen (secondary N) is 1. The van der Waals surface area contributed by atoms with E-state index in [1.807, 2.05) is 0 Å². The van der Waals surface area contributed by atoms with Gasteiger partial charge in [-0.3, -0.25) is 4.79 Å². The van der Waals surface area contributed by atoms with E-state index in [9.17, 15) is 9.90 Å². The number of rotatable bonds is 4. The molecule has 1 aromatic rings. The monoisotopic (exact) mass is 277 g/mol. The Morgan fingerprint density at radius 2 is 2.25 bits per heavy atom. The molecule has 1 fully saturated rings. The number of phenolic OH excluding ortho intramolecular Hbond substituents is 1. The molecule has 0 heterocycles. The first-order valence-electron chi connectivity index (χ1n) is 7.32. The molecule has 4 heteroatoms. The lowest BCUT2D eigenvalue weighted by Crippen LogP contribution is -2.38. The molecule has 4 nitrogen and oxygen atoms in total. The lowest BCUT2D eigenvalue weighted by atomic mass is 9.84. The van der Waals surface area contributed by atoms with Crippen molar-refractivity contribution in [2.24, 2.45) is 5.92 Å². The Morgan fingerprint density at radius 3 is 2.90 bits per heavy atom. The molecule has 1 amide bonds. The van der Waals surface area contributed by atoms with Crippen LogP contribution in [0.15, 0.2) is 18.2 Å². The van der Waals surface area contributed by atoms with Crippen LogP contribution < -0.4 is 10.1 Å². The fourth-order valence-electron chi connectivity index (χ4n) is 2.89. The summed E-state index contributed by atoms with van der Waals surface area (Å²) in [7, 11) is 1.53. The highest BCUT2D eigenvalue weighted by Gasteiger charge is 2.23. The molecule has 0 spiro atoms. The van der Waals surface area contributed by atoms with Crippen LogP contribution in [0.5, 0.6) is 11.5 Å². The summed E-state index contributed by atoms with van der Waals surface area (Å²) in [5, 5.41) is 12.9. The minimum absolute atomic E-state index is 0.0373. The number of phenols is 1. The number of ether oxygens (including phenoxy) is 1. The first-order valence-corrected chi connectivity index (χ1v) is 7.32. The summed E-state index contributed by atoms with van der Waals surface area (Å²) < 4.78 is 5.02. The maximum atomic E-state index is 12.2. The highest BCUT2D eigenvalue weighted by Crippen LogP contribution is 2.28. The van der Waals surface area contributed by atoms with Gasteiger partial charge in [-0.05, 0) is 30.9 Å². The van der Waals surface area contributed by atoms with Crippen LogP contribution in [0.25, 0.3) is 0 Å². The normalized spacial score (nSPS) is 22.3. The number of carbonyl (C=O) groups is 1. The van der Waals surface area contributed by atoms with Crippen molar-refractivity contribution in [3.63, 3.8) is 0 Å². The van der Waals surface area contributed by atoms with Crippen molar-refractivity contribution in [1.82, 2.24) is 5.32 Å². The maximum Gasteiger partial charge on any atom is 0.255 e. The molecular formula is C16H23NO3. The molecule has 2 atom stereocenters. The predicted octanol–water partition coefficient (Wildman–Crippen LogP) is 3.10. The Labute approximate surface area is 120 Å². The second-order valence-electron chi connectivity index (χ2n) is 5.49. The molecule has 2 unspecified atom stereocenters. The van der Waals surface area contributed by atoms with Crippen molar-refractivity contribution in [3.8, 4) is 11.5 Å². The van der Waals surface area contributed by atoms with Crippen molar-refractivity contribution in [2.45, 2.75) is 45.1 Å². The van der Waals surface area contributed by atoms with E-state index in [1.165, 1.54) is 26.0 Å². The fourth-order valence-corrected chi connectivity index (χ4v) is 2.89. The molecular weight excluding hydrogens is 254 g/mol. The van der Waals surface area contributed by atoms with E-state index in [4.69, 9.17) is 4.74 Å². The van der Waals surface area contributed by atoms with Gasteiger partial charge >= 0.3 is 0 Å². The second kappa shape index (κ2) is 6.64. The predicted molar refractivity (Wildman–Crippen MR) is 78.2 cm³/mol. The average Bonchev–Trinajstić information content (AvgIpc) is 2.47. The number of methoxy groups -OCH3 is 1. The van der Waals surface area contributed by atoms with Crippen molar-refractivity contribution in [3.05, 3.63) is 23.8 Å². The molecule has 2 N–H and O–H groups in total. The Balaban J connectivity index is 2.01. The lowest BCUT2D eigenvalue weighted by Gasteiger charge is -2.29. The van der Waals surface area contributed by atoms with Gasteiger partial charge in [0.1, 0.15) is 11.5 Å². The van der Waals surface area contributed by atoms with Gasteiger partial charge in [0.05, 0.1) is 12.7 Å². The fraction of sp³-hybridized carbons (Fsp3) is 0.562. The number of hydrogen-bond acceptors (Lipinski definition) is 3. The molecule has 0 bridgehead atoms. The second-order valence-corrected chi connectivity index (χ2v) is 5.49. The van der Waals surface area contributed by atoms with Crippen LogP contribution in [-0.2, 0) is 0 Å². The number of carbonyl (C=O) groups excluding carboxylic acids is 1. The van der Waals surface area contributed by atoms with Crippen LogP contribution in [0.1, 0.15) is 49.4 Å². The van der Waals surface area contributed by atoms with Crippen LogP contribution in [0.3, 0.4) is 0 Å². The van der Waals surface area contributed by atoms with Gasteiger partial charge in [-0.25, -0.2) is 0 Å². The highest BCUT2D eigenvalue weighted by atomic mass is 16.5. The van der Waals surface area contributed by atoms with Crippen LogP contribution >= 0.6 is 0 Å². The third kappa shape index (κ3) is 3.44. The van der Waals surface area contributed by atoms with Crippen LogP contribution in [0.4, 0.5) is 0 Å². The van der Waals surface area contributed by atoms with E-state index >= 15 is 0 Å². The van der Waals surface area contributed by atoms with E-state index in [1.54, 1.807) is 12.1 Å². The Hall–Kier alpha value is -1.71. The zero-order chi connectivity index (χ0) is 14.5. The van der Waals surface area contributed by atoms with Gasteiger partial charge in [0.2, 0.25) is 0 Å².